The van der Waals surface area contributed by atoms with E-state index in [2.05, 4.69) is 20.3 Å². The van der Waals surface area contributed by atoms with Crippen LogP contribution in [0.2, 0.25) is 0 Å². The van der Waals surface area contributed by atoms with Crippen molar-refractivity contribution >= 4 is 35.3 Å². The van der Waals surface area contributed by atoms with Crippen LogP contribution < -0.4 is 16.0 Å². The predicted molar refractivity (Wildman–Crippen MR) is 99.1 cm³/mol. The molecular weight excluding hydrogens is 343 g/mol. The molecule has 0 fully saturated rings. The van der Waals surface area contributed by atoms with E-state index in [1.54, 1.807) is 30.9 Å². The summed E-state index contributed by atoms with van der Waals surface area (Å²) < 4.78 is 13.5. The van der Waals surface area contributed by atoms with Crippen molar-refractivity contribution < 1.29 is 9.18 Å². The number of nitrogens with one attached hydrogen (secondary N) is 1. The number of carbonyl (C=O) groups is 1. The van der Waals surface area contributed by atoms with E-state index in [-0.39, 0.29) is 22.9 Å². The van der Waals surface area contributed by atoms with Crippen molar-refractivity contribution in [1.29, 1.82) is 0 Å². The van der Waals surface area contributed by atoms with Gasteiger partial charge in [0.2, 0.25) is 17.8 Å². The quantitative estimate of drug-likeness (QED) is 0.811. The molecule has 134 valence electrons. The zero-order valence-electron chi connectivity index (χ0n) is 14.6. The molecule has 1 aromatic carbocycles. The van der Waals surface area contributed by atoms with Crippen LogP contribution in [0.4, 0.5) is 22.0 Å². The first kappa shape index (κ1) is 18.9. The van der Waals surface area contributed by atoms with Gasteiger partial charge in [-0.25, -0.2) is 4.39 Å². The van der Waals surface area contributed by atoms with Crippen molar-refractivity contribution in [2.45, 2.75) is 24.9 Å². The van der Waals surface area contributed by atoms with Crippen molar-refractivity contribution in [2.75, 3.05) is 30.0 Å². The summed E-state index contributed by atoms with van der Waals surface area (Å²) in [5, 5.41) is 2.33. The molecule has 1 heterocycles. The SMILES string of the molecule is Cc1ccc(NC(=O)C(C)SCc2nc(N)nc(N(C)C)n2)cc1F. The van der Waals surface area contributed by atoms with E-state index in [1.807, 2.05) is 14.1 Å². The molecule has 0 aliphatic carbocycles. The van der Waals surface area contributed by atoms with Crippen LogP contribution in [-0.4, -0.2) is 40.2 Å². The Labute approximate surface area is 150 Å². The summed E-state index contributed by atoms with van der Waals surface area (Å²) in [6.45, 7) is 3.43. The number of nitrogens with zero attached hydrogens (tertiary/aromatic N) is 4. The minimum absolute atomic E-state index is 0.140. The van der Waals surface area contributed by atoms with Crippen LogP contribution in [0.25, 0.3) is 0 Å². The van der Waals surface area contributed by atoms with Gasteiger partial charge in [0, 0.05) is 19.8 Å². The highest BCUT2D eigenvalue weighted by atomic mass is 32.2. The maximum Gasteiger partial charge on any atom is 0.237 e. The molecule has 1 aromatic heterocycles. The van der Waals surface area contributed by atoms with Gasteiger partial charge in [-0.3, -0.25) is 4.79 Å². The van der Waals surface area contributed by atoms with Gasteiger partial charge in [-0.15, -0.1) is 11.8 Å². The van der Waals surface area contributed by atoms with E-state index >= 15 is 0 Å². The Morgan fingerprint density at radius 3 is 2.72 bits per heavy atom. The molecule has 1 unspecified atom stereocenters. The number of rotatable bonds is 6. The van der Waals surface area contributed by atoms with E-state index in [4.69, 9.17) is 5.73 Å². The van der Waals surface area contributed by atoms with Gasteiger partial charge < -0.3 is 16.0 Å². The molecule has 0 bridgehead atoms. The molecule has 2 aromatic rings. The smallest absolute Gasteiger partial charge is 0.237 e. The van der Waals surface area contributed by atoms with E-state index < -0.39 is 0 Å². The Hall–Kier alpha value is -2.42. The number of nitrogen functional groups attached to an aromatic ring is 1. The molecule has 25 heavy (non-hydrogen) atoms. The lowest BCUT2D eigenvalue weighted by molar-refractivity contribution is -0.115. The molecule has 0 aliphatic rings. The number of aryl methyl sites for hydroxylation is 1. The summed E-state index contributed by atoms with van der Waals surface area (Å²) in [5.74, 6) is 0.946. The average Bonchev–Trinajstić information content (AvgIpc) is 2.55. The monoisotopic (exact) mass is 364 g/mol. The standard InChI is InChI=1S/C16H21FN6OS/c1-9-5-6-11(7-12(9)17)19-14(24)10(2)25-8-13-20-15(18)22-16(21-13)23(3)4/h5-7,10H,8H2,1-4H3,(H,19,24)(H2,18,20,21,22). The fourth-order valence-corrected chi connectivity index (χ4v) is 2.62. The second-order valence-electron chi connectivity index (χ2n) is 5.71. The number of halogens is 1. The zero-order chi connectivity index (χ0) is 18.6. The highest BCUT2D eigenvalue weighted by Gasteiger charge is 2.16. The Morgan fingerprint density at radius 1 is 1.36 bits per heavy atom. The molecule has 1 atom stereocenters. The normalized spacial score (nSPS) is 11.9. The van der Waals surface area contributed by atoms with Gasteiger partial charge in [-0.2, -0.15) is 15.0 Å². The maximum absolute atomic E-state index is 13.5. The molecular formula is C16H21FN6OS. The Kier molecular flexibility index (Phi) is 6.13. The predicted octanol–water partition coefficient (Wildman–Crippen LogP) is 2.23. The van der Waals surface area contributed by atoms with Gasteiger partial charge in [-0.1, -0.05) is 6.07 Å². The second kappa shape index (κ2) is 8.11. The summed E-state index contributed by atoms with van der Waals surface area (Å²) >= 11 is 1.36. The van der Waals surface area contributed by atoms with Crippen LogP contribution in [-0.2, 0) is 10.5 Å². The highest BCUT2D eigenvalue weighted by molar-refractivity contribution is 7.99. The first-order valence-electron chi connectivity index (χ1n) is 7.62. The zero-order valence-corrected chi connectivity index (χ0v) is 15.4. The van der Waals surface area contributed by atoms with Crippen LogP contribution in [0, 0.1) is 12.7 Å². The largest absolute Gasteiger partial charge is 0.368 e. The lowest BCUT2D eigenvalue weighted by Gasteiger charge is -2.14. The third-order valence-electron chi connectivity index (χ3n) is 3.36. The third kappa shape index (κ3) is 5.28. The Bertz CT molecular complexity index is 770. The van der Waals surface area contributed by atoms with Gasteiger partial charge in [0.05, 0.1) is 11.0 Å². The van der Waals surface area contributed by atoms with Crippen LogP contribution in [0.1, 0.15) is 18.3 Å². The summed E-state index contributed by atoms with van der Waals surface area (Å²) in [6.07, 6.45) is 0. The van der Waals surface area contributed by atoms with Gasteiger partial charge in [0.1, 0.15) is 11.6 Å². The number of amides is 1. The summed E-state index contributed by atoms with van der Waals surface area (Å²) in [5.41, 5.74) is 6.64. The fourth-order valence-electron chi connectivity index (χ4n) is 1.88. The first-order valence-corrected chi connectivity index (χ1v) is 8.67. The van der Waals surface area contributed by atoms with Crippen molar-refractivity contribution in [3.05, 3.63) is 35.4 Å². The van der Waals surface area contributed by atoms with E-state index in [0.717, 1.165) is 0 Å². The van der Waals surface area contributed by atoms with Crippen LogP contribution >= 0.6 is 11.8 Å². The number of benzene rings is 1. The molecule has 0 aliphatic heterocycles. The van der Waals surface area contributed by atoms with Crippen molar-refractivity contribution in [2.24, 2.45) is 0 Å². The number of hydrogen-bond acceptors (Lipinski definition) is 7. The molecule has 9 heteroatoms. The number of thioether (sulfide) groups is 1. The molecule has 0 saturated carbocycles. The topological polar surface area (TPSA) is 97.0 Å². The van der Waals surface area contributed by atoms with E-state index in [0.29, 0.717) is 28.8 Å². The highest BCUT2D eigenvalue weighted by Crippen LogP contribution is 2.20. The van der Waals surface area contributed by atoms with Crippen LogP contribution in [0.3, 0.4) is 0 Å². The van der Waals surface area contributed by atoms with Gasteiger partial charge in [0.15, 0.2) is 0 Å². The molecule has 0 spiro atoms. The van der Waals surface area contributed by atoms with Gasteiger partial charge in [0.25, 0.3) is 0 Å². The summed E-state index contributed by atoms with van der Waals surface area (Å²) in [6, 6.07) is 4.60. The lowest BCUT2D eigenvalue weighted by Crippen LogP contribution is -2.23. The van der Waals surface area contributed by atoms with E-state index in [9.17, 15) is 9.18 Å². The molecule has 1 amide bonds. The van der Waals surface area contributed by atoms with Crippen molar-refractivity contribution in [3.8, 4) is 0 Å². The summed E-state index contributed by atoms with van der Waals surface area (Å²) in [4.78, 5) is 26.4. The first-order chi connectivity index (χ1) is 11.8. The number of nitrogens with two attached hydrogens (primary N) is 1. The van der Waals surface area contributed by atoms with Gasteiger partial charge >= 0.3 is 0 Å². The summed E-state index contributed by atoms with van der Waals surface area (Å²) in [7, 11) is 3.62. The number of anilines is 3. The number of aromatic nitrogens is 3. The van der Waals surface area contributed by atoms with Crippen LogP contribution in [0.15, 0.2) is 18.2 Å². The fraction of sp³-hybridized carbons (Fsp3) is 0.375. The number of carbonyl (C=O) groups excluding carboxylic acids is 1. The average molecular weight is 364 g/mol. The molecule has 2 rings (SSSR count). The second-order valence-corrected chi connectivity index (χ2v) is 7.04. The third-order valence-corrected chi connectivity index (χ3v) is 4.50. The van der Waals surface area contributed by atoms with Crippen molar-refractivity contribution in [1.82, 2.24) is 15.0 Å². The van der Waals surface area contributed by atoms with E-state index in [1.165, 1.54) is 17.8 Å². The van der Waals surface area contributed by atoms with Crippen molar-refractivity contribution in [3.63, 3.8) is 0 Å². The molecule has 0 radical (unpaired) electrons. The Morgan fingerprint density at radius 2 is 2.08 bits per heavy atom. The maximum atomic E-state index is 13.5. The minimum atomic E-state index is -0.370. The van der Waals surface area contributed by atoms with Gasteiger partial charge in [-0.05, 0) is 31.5 Å². The molecule has 7 nitrogen and oxygen atoms in total. The molecule has 3 N–H and O–H groups in total. The molecule has 0 saturated heterocycles. The lowest BCUT2D eigenvalue weighted by atomic mass is 10.2. The van der Waals surface area contributed by atoms with Crippen LogP contribution in [0.5, 0.6) is 0 Å². The number of hydrogen-bond donors (Lipinski definition) is 2. The minimum Gasteiger partial charge on any atom is -0.368 e. The Balaban J connectivity index is 1.96.